The molecule has 0 saturated heterocycles. The highest BCUT2D eigenvalue weighted by Gasteiger charge is 2.35. The number of nitrogens with two attached hydrogens (primary N) is 1. The van der Waals surface area contributed by atoms with Crippen LogP contribution in [0.4, 0.5) is 0 Å². The first-order valence-corrected chi connectivity index (χ1v) is 11.0. The van der Waals surface area contributed by atoms with Crippen molar-refractivity contribution in [1.29, 1.82) is 0 Å². The molecule has 0 fully saturated rings. The van der Waals surface area contributed by atoms with Crippen LogP contribution >= 0.6 is 0 Å². The van der Waals surface area contributed by atoms with Gasteiger partial charge in [0.25, 0.3) is 5.91 Å². The van der Waals surface area contributed by atoms with E-state index in [2.05, 4.69) is 12.1 Å². The molecule has 0 bridgehead atoms. The molecule has 4 rings (SSSR count). The van der Waals surface area contributed by atoms with E-state index in [0.29, 0.717) is 5.56 Å². The number of carboxylic acids is 1. The lowest BCUT2D eigenvalue weighted by atomic mass is 9.98. The first-order valence-electron chi connectivity index (χ1n) is 11.0. The summed E-state index contributed by atoms with van der Waals surface area (Å²) in [4.78, 5) is 38.7. The molecule has 0 spiro atoms. The van der Waals surface area contributed by atoms with Gasteiger partial charge in [0.1, 0.15) is 6.04 Å². The molecule has 168 valence electrons. The molecular weight excluding hydrogens is 416 g/mol. The molecule has 6 nitrogen and oxygen atoms in total. The molecule has 3 aromatic carbocycles. The number of amides is 2. The second-order valence-corrected chi connectivity index (χ2v) is 8.36. The maximum absolute atomic E-state index is 13.8. The van der Waals surface area contributed by atoms with Crippen LogP contribution in [-0.2, 0) is 16.0 Å². The fourth-order valence-electron chi connectivity index (χ4n) is 4.57. The normalized spacial score (nSPS) is 13.5. The van der Waals surface area contributed by atoms with Gasteiger partial charge in [-0.05, 0) is 59.7 Å². The van der Waals surface area contributed by atoms with E-state index in [0.717, 1.165) is 28.7 Å². The van der Waals surface area contributed by atoms with E-state index >= 15 is 0 Å². The Hall–Kier alpha value is -3.93. The second kappa shape index (κ2) is 9.28. The van der Waals surface area contributed by atoms with Crippen LogP contribution in [0.2, 0.25) is 0 Å². The molecule has 0 radical (unpaired) electrons. The number of rotatable bonds is 8. The zero-order valence-corrected chi connectivity index (χ0v) is 18.4. The van der Waals surface area contributed by atoms with E-state index in [-0.39, 0.29) is 18.7 Å². The molecule has 2 amide bonds. The van der Waals surface area contributed by atoms with E-state index in [9.17, 15) is 19.5 Å². The summed E-state index contributed by atoms with van der Waals surface area (Å²) in [6, 6.07) is 21.2. The van der Waals surface area contributed by atoms with Gasteiger partial charge < -0.3 is 15.7 Å². The average Bonchev–Trinajstić information content (AvgIpc) is 3.19. The Balaban J connectivity index is 1.72. The third-order valence-corrected chi connectivity index (χ3v) is 6.26. The zero-order valence-electron chi connectivity index (χ0n) is 18.4. The van der Waals surface area contributed by atoms with Crippen LogP contribution in [0.25, 0.3) is 11.1 Å². The van der Waals surface area contributed by atoms with Gasteiger partial charge in [0.15, 0.2) is 0 Å². The molecule has 33 heavy (non-hydrogen) atoms. The smallest absolute Gasteiger partial charge is 0.326 e. The number of primary amides is 1. The Bertz CT molecular complexity index is 1210. The molecule has 0 unspecified atom stereocenters. The molecule has 2 atom stereocenters. The molecule has 1 aliphatic carbocycles. The zero-order chi connectivity index (χ0) is 23.5. The minimum absolute atomic E-state index is 0.0516. The summed E-state index contributed by atoms with van der Waals surface area (Å²) >= 11 is 0. The summed E-state index contributed by atoms with van der Waals surface area (Å²) in [7, 11) is 0. The van der Waals surface area contributed by atoms with Gasteiger partial charge in [-0.1, -0.05) is 60.7 Å². The van der Waals surface area contributed by atoms with E-state index in [1.165, 1.54) is 10.5 Å². The highest BCUT2D eigenvalue weighted by atomic mass is 16.4. The van der Waals surface area contributed by atoms with Crippen LogP contribution in [0, 0.1) is 0 Å². The number of carbonyl (C=O) groups is 3. The Morgan fingerprint density at radius 2 is 1.61 bits per heavy atom. The Morgan fingerprint density at radius 3 is 2.30 bits per heavy atom. The monoisotopic (exact) mass is 442 g/mol. The maximum Gasteiger partial charge on any atom is 0.326 e. The number of benzene rings is 3. The number of carboxylic acid groups (broad SMARTS) is 1. The molecule has 1 aliphatic rings. The van der Waals surface area contributed by atoms with E-state index in [1.807, 2.05) is 54.6 Å². The first-order chi connectivity index (χ1) is 15.9. The van der Waals surface area contributed by atoms with Crippen LogP contribution < -0.4 is 5.73 Å². The molecule has 0 heterocycles. The van der Waals surface area contributed by atoms with Gasteiger partial charge in [-0.3, -0.25) is 9.59 Å². The van der Waals surface area contributed by atoms with Gasteiger partial charge in [0.05, 0.1) is 6.04 Å². The van der Waals surface area contributed by atoms with Crippen LogP contribution in [0.1, 0.15) is 52.9 Å². The molecule has 6 heteroatoms. The van der Waals surface area contributed by atoms with Crippen LogP contribution in [-0.4, -0.2) is 33.8 Å². The van der Waals surface area contributed by atoms with Crippen molar-refractivity contribution in [2.75, 3.05) is 0 Å². The first kappa shape index (κ1) is 22.3. The van der Waals surface area contributed by atoms with Crippen molar-refractivity contribution in [3.05, 3.63) is 95.1 Å². The number of nitrogens with zero attached hydrogens (tertiary/aromatic N) is 1. The molecule has 3 N–H and O–H groups in total. The summed E-state index contributed by atoms with van der Waals surface area (Å²) in [5, 5.41) is 9.98. The molecule has 0 aromatic heterocycles. The highest BCUT2D eigenvalue weighted by Crippen LogP contribution is 2.37. The number of carbonyl (C=O) groups excluding carboxylic acids is 2. The minimum Gasteiger partial charge on any atom is -0.480 e. The highest BCUT2D eigenvalue weighted by molar-refractivity contribution is 5.98. The third-order valence-electron chi connectivity index (χ3n) is 6.26. The largest absolute Gasteiger partial charge is 0.480 e. The van der Waals surface area contributed by atoms with Crippen molar-refractivity contribution in [2.24, 2.45) is 5.73 Å². The lowest BCUT2D eigenvalue weighted by Crippen LogP contribution is -2.47. The number of fused-ring (bicyclic) bond motifs is 3. The summed E-state index contributed by atoms with van der Waals surface area (Å²) in [5.41, 5.74) is 11.0. The van der Waals surface area contributed by atoms with Crippen LogP contribution in [0.15, 0.2) is 72.8 Å². The van der Waals surface area contributed by atoms with Gasteiger partial charge in [-0.2, -0.15) is 0 Å². The van der Waals surface area contributed by atoms with Crippen molar-refractivity contribution >= 4 is 17.8 Å². The van der Waals surface area contributed by atoms with Gasteiger partial charge in [0, 0.05) is 12.0 Å². The molecular formula is C27H26N2O4. The number of hydrogen-bond donors (Lipinski definition) is 2. The Morgan fingerprint density at radius 1 is 0.939 bits per heavy atom. The average molecular weight is 443 g/mol. The van der Waals surface area contributed by atoms with Crippen LogP contribution in [0.3, 0.4) is 0 Å². The SMILES string of the molecule is C[C@@H](c1ccccc1)N(C(=O)c1ccc2c(c1)Cc1ccccc1-2)[C@@H](CCC(N)=O)C(=O)O. The van der Waals surface area contributed by atoms with Crippen molar-refractivity contribution in [1.82, 2.24) is 4.90 Å². The topological polar surface area (TPSA) is 101 Å². The van der Waals surface area contributed by atoms with Crippen molar-refractivity contribution in [2.45, 2.75) is 38.3 Å². The molecule has 0 saturated carbocycles. The summed E-state index contributed by atoms with van der Waals surface area (Å²) in [5.74, 6) is -2.15. The third kappa shape index (κ3) is 4.51. The maximum atomic E-state index is 13.8. The van der Waals surface area contributed by atoms with Gasteiger partial charge >= 0.3 is 5.97 Å². The molecule has 0 aliphatic heterocycles. The predicted molar refractivity (Wildman–Crippen MR) is 126 cm³/mol. The molecule has 3 aromatic rings. The predicted octanol–water partition coefficient (Wildman–Crippen LogP) is 4.18. The van der Waals surface area contributed by atoms with Gasteiger partial charge in [-0.25, -0.2) is 4.79 Å². The lowest BCUT2D eigenvalue weighted by molar-refractivity contribution is -0.143. The second-order valence-electron chi connectivity index (χ2n) is 8.36. The van der Waals surface area contributed by atoms with Crippen molar-refractivity contribution in [3.63, 3.8) is 0 Å². The summed E-state index contributed by atoms with van der Waals surface area (Å²) in [6.45, 7) is 1.80. The van der Waals surface area contributed by atoms with E-state index in [1.54, 1.807) is 13.0 Å². The van der Waals surface area contributed by atoms with Crippen molar-refractivity contribution in [3.8, 4) is 11.1 Å². The summed E-state index contributed by atoms with van der Waals surface area (Å²) < 4.78 is 0. The Labute approximate surface area is 192 Å². The fourth-order valence-corrected chi connectivity index (χ4v) is 4.57. The quantitative estimate of drug-likeness (QED) is 0.427. The van der Waals surface area contributed by atoms with Gasteiger partial charge in [0.2, 0.25) is 5.91 Å². The number of aliphatic carboxylic acids is 1. The van der Waals surface area contributed by atoms with E-state index in [4.69, 9.17) is 5.73 Å². The van der Waals surface area contributed by atoms with Crippen molar-refractivity contribution < 1.29 is 19.5 Å². The van der Waals surface area contributed by atoms with E-state index < -0.39 is 24.0 Å². The number of hydrogen-bond acceptors (Lipinski definition) is 3. The summed E-state index contributed by atoms with van der Waals surface area (Å²) in [6.07, 6.45) is 0.552. The minimum atomic E-state index is -1.19. The lowest BCUT2D eigenvalue weighted by Gasteiger charge is -2.35. The Kier molecular flexibility index (Phi) is 6.27. The van der Waals surface area contributed by atoms with Gasteiger partial charge in [-0.15, -0.1) is 0 Å². The standard InChI is InChI=1S/C27H26N2O4/c1-17(18-7-3-2-4-8-18)29(24(27(32)33)13-14-25(28)30)26(31)20-11-12-23-21(16-20)15-19-9-5-6-10-22(19)23/h2-12,16-17,24H,13-15H2,1H3,(H2,28,30)(H,32,33)/t17-,24-/m0/s1. The fraction of sp³-hybridized carbons (Fsp3) is 0.222. The van der Waals surface area contributed by atoms with Crippen LogP contribution in [0.5, 0.6) is 0 Å².